The van der Waals surface area contributed by atoms with E-state index in [0.717, 1.165) is 34.5 Å². The van der Waals surface area contributed by atoms with E-state index in [9.17, 15) is 17.6 Å². The molecule has 2 heterocycles. The average molecular weight is 524 g/mol. The van der Waals surface area contributed by atoms with Crippen LogP contribution in [0.25, 0.3) is 10.2 Å². The molecule has 11 heteroatoms. The maximum atomic E-state index is 13.2. The minimum atomic E-state index is -3.98. The van der Waals surface area contributed by atoms with Crippen LogP contribution in [0.15, 0.2) is 70.6 Å². The average Bonchev–Trinajstić information content (AvgIpc) is 3.18. The standard InChI is InChI=1S/C25H18FN3O5S2/c1-2-10-29-20-14-21-22(34-12-11-33-21)15-23(20)35-25(29)27-24(30)16-4-3-5-18(13-16)28-36(31,32)19-8-6-17(26)7-9-19/h1,3-9,13-15,28H,10-12H2. The molecule has 0 fully saturated rings. The third-order valence-corrected chi connectivity index (χ3v) is 7.72. The van der Waals surface area contributed by atoms with Crippen molar-refractivity contribution in [3.63, 3.8) is 0 Å². The van der Waals surface area contributed by atoms with Crippen LogP contribution in [0.5, 0.6) is 11.5 Å². The molecule has 0 atom stereocenters. The van der Waals surface area contributed by atoms with Crippen LogP contribution in [0.2, 0.25) is 0 Å². The zero-order chi connectivity index (χ0) is 25.3. The van der Waals surface area contributed by atoms with Crippen molar-refractivity contribution in [2.24, 2.45) is 4.99 Å². The van der Waals surface area contributed by atoms with Crippen LogP contribution >= 0.6 is 11.3 Å². The van der Waals surface area contributed by atoms with Crippen LogP contribution in [0.3, 0.4) is 0 Å². The van der Waals surface area contributed by atoms with Crippen molar-refractivity contribution < 1.29 is 27.1 Å². The van der Waals surface area contributed by atoms with E-state index in [4.69, 9.17) is 15.9 Å². The molecule has 0 saturated carbocycles. The summed E-state index contributed by atoms with van der Waals surface area (Å²) in [4.78, 5) is 17.6. The van der Waals surface area contributed by atoms with Gasteiger partial charge in [-0.15, -0.1) is 6.42 Å². The summed E-state index contributed by atoms with van der Waals surface area (Å²) < 4.78 is 54.7. The molecule has 182 valence electrons. The molecule has 0 radical (unpaired) electrons. The first-order valence-corrected chi connectivity index (χ1v) is 13.0. The van der Waals surface area contributed by atoms with Crippen LogP contribution in [0, 0.1) is 18.2 Å². The molecule has 1 aromatic heterocycles. The largest absolute Gasteiger partial charge is 0.486 e. The first kappa shape index (κ1) is 23.6. The normalized spacial score (nSPS) is 13.4. The highest BCUT2D eigenvalue weighted by Crippen LogP contribution is 2.35. The summed E-state index contributed by atoms with van der Waals surface area (Å²) >= 11 is 1.27. The summed E-state index contributed by atoms with van der Waals surface area (Å²) in [6.45, 7) is 1.07. The predicted molar refractivity (Wildman–Crippen MR) is 133 cm³/mol. The van der Waals surface area contributed by atoms with Crippen molar-refractivity contribution in [2.75, 3.05) is 17.9 Å². The summed E-state index contributed by atoms with van der Waals surface area (Å²) in [6.07, 6.45) is 5.56. The number of carbonyl (C=O) groups excluding carboxylic acids is 1. The Morgan fingerprint density at radius 2 is 1.83 bits per heavy atom. The van der Waals surface area contributed by atoms with E-state index in [-0.39, 0.29) is 22.7 Å². The second kappa shape index (κ2) is 9.49. The van der Waals surface area contributed by atoms with Crippen LogP contribution < -0.4 is 19.0 Å². The van der Waals surface area contributed by atoms with Crippen LogP contribution in [-0.2, 0) is 16.6 Å². The highest BCUT2D eigenvalue weighted by molar-refractivity contribution is 7.92. The van der Waals surface area contributed by atoms with Crippen LogP contribution in [0.4, 0.5) is 10.1 Å². The van der Waals surface area contributed by atoms with Gasteiger partial charge < -0.3 is 14.0 Å². The third kappa shape index (κ3) is 4.68. The Morgan fingerprint density at radius 3 is 2.56 bits per heavy atom. The van der Waals surface area contributed by atoms with Crippen molar-refractivity contribution in [3.05, 3.63) is 76.8 Å². The number of rotatable bonds is 5. The van der Waals surface area contributed by atoms with Crippen LogP contribution in [-0.4, -0.2) is 32.1 Å². The van der Waals surface area contributed by atoms with Crippen molar-refractivity contribution in [2.45, 2.75) is 11.4 Å². The zero-order valence-corrected chi connectivity index (χ0v) is 20.2. The van der Waals surface area contributed by atoms with Gasteiger partial charge in [0.1, 0.15) is 19.0 Å². The first-order chi connectivity index (χ1) is 17.3. The van der Waals surface area contributed by atoms with Gasteiger partial charge in [-0.2, -0.15) is 4.99 Å². The number of nitrogens with one attached hydrogen (secondary N) is 1. The number of amides is 1. The second-order valence-electron chi connectivity index (χ2n) is 7.70. The highest BCUT2D eigenvalue weighted by Gasteiger charge is 2.18. The Bertz CT molecular complexity index is 1700. The SMILES string of the molecule is C#CCn1c(=NC(=O)c2cccc(NS(=O)(=O)c3ccc(F)cc3)c2)sc2cc3c(cc21)OCCO3. The quantitative estimate of drug-likeness (QED) is 0.402. The number of terminal acetylenes is 1. The summed E-state index contributed by atoms with van der Waals surface area (Å²) in [6, 6.07) is 14.0. The van der Waals surface area contributed by atoms with E-state index in [2.05, 4.69) is 15.6 Å². The Kier molecular flexibility index (Phi) is 6.22. The van der Waals surface area contributed by atoms with Crippen molar-refractivity contribution >= 4 is 43.2 Å². The van der Waals surface area contributed by atoms with Gasteiger partial charge in [0.15, 0.2) is 16.3 Å². The van der Waals surface area contributed by atoms with E-state index in [1.165, 1.54) is 35.6 Å². The fraction of sp³-hybridized carbons (Fsp3) is 0.120. The van der Waals surface area contributed by atoms with E-state index in [0.29, 0.717) is 29.5 Å². The molecule has 0 aliphatic carbocycles. The van der Waals surface area contributed by atoms with E-state index in [1.54, 1.807) is 4.57 Å². The lowest BCUT2D eigenvalue weighted by molar-refractivity contribution is 0.0998. The molecule has 1 amide bonds. The van der Waals surface area contributed by atoms with Gasteiger partial charge >= 0.3 is 0 Å². The number of aromatic nitrogens is 1. The Balaban J connectivity index is 1.48. The van der Waals surface area contributed by atoms with Crippen LogP contribution in [0.1, 0.15) is 10.4 Å². The molecule has 1 N–H and O–H groups in total. The Hall–Kier alpha value is -4.14. The number of ether oxygens (including phenoxy) is 2. The monoisotopic (exact) mass is 523 g/mol. The van der Waals surface area contributed by atoms with Gasteiger partial charge in [0, 0.05) is 23.4 Å². The molecule has 0 spiro atoms. The fourth-order valence-corrected chi connectivity index (χ4v) is 5.72. The van der Waals surface area contributed by atoms with Gasteiger partial charge in [-0.3, -0.25) is 9.52 Å². The lowest BCUT2D eigenvalue weighted by Gasteiger charge is -2.18. The van der Waals surface area contributed by atoms with Crippen molar-refractivity contribution in [1.82, 2.24) is 4.57 Å². The number of sulfonamides is 1. The number of thiazole rings is 1. The minimum Gasteiger partial charge on any atom is -0.486 e. The third-order valence-electron chi connectivity index (χ3n) is 5.28. The predicted octanol–water partition coefficient (Wildman–Crippen LogP) is 3.79. The Labute approximate surface area is 209 Å². The van der Waals surface area contributed by atoms with Gasteiger partial charge in [-0.1, -0.05) is 23.3 Å². The number of halogens is 1. The molecular formula is C25H18FN3O5S2. The van der Waals surface area contributed by atoms with Crippen molar-refractivity contribution in [3.8, 4) is 23.8 Å². The minimum absolute atomic E-state index is 0.110. The maximum Gasteiger partial charge on any atom is 0.279 e. The molecule has 8 nitrogen and oxygen atoms in total. The van der Waals surface area contributed by atoms with Gasteiger partial charge in [-0.05, 0) is 42.5 Å². The van der Waals surface area contributed by atoms with Gasteiger partial charge in [-0.25, -0.2) is 12.8 Å². The topological polar surface area (TPSA) is 99.0 Å². The Morgan fingerprint density at radius 1 is 1.11 bits per heavy atom. The molecule has 4 aromatic rings. The zero-order valence-electron chi connectivity index (χ0n) is 18.6. The summed E-state index contributed by atoms with van der Waals surface area (Å²) in [5.41, 5.74) is 1.09. The number of nitrogens with zero attached hydrogens (tertiary/aromatic N) is 2. The number of hydrogen-bond acceptors (Lipinski definition) is 6. The number of hydrogen-bond donors (Lipinski definition) is 1. The highest BCUT2D eigenvalue weighted by atomic mass is 32.2. The lowest BCUT2D eigenvalue weighted by atomic mass is 10.2. The number of benzene rings is 3. The number of anilines is 1. The smallest absolute Gasteiger partial charge is 0.279 e. The number of fused-ring (bicyclic) bond motifs is 2. The lowest BCUT2D eigenvalue weighted by Crippen LogP contribution is -2.17. The van der Waals surface area contributed by atoms with Crippen molar-refractivity contribution in [1.29, 1.82) is 0 Å². The molecule has 36 heavy (non-hydrogen) atoms. The van der Waals surface area contributed by atoms with E-state index in [1.807, 2.05) is 12.1 Å². The number of carbonyl (C=O) groups is 1. The molecule has 3 aromatic carbocycles. The molecular weight excluding hydrogens is 505 g/mol. The molecule has 0 bridgehead atoms. The summed E-state index contributed by atoms with van der Waals surface area (Å²) in [5, 5.41) is 0. The molecule has 0 saturated heterocycles. The van der Waals surface area contributed by atoms with E-state index < -0.39 is 21.7 Å². The molecule has 5 rings (SSSR count). The second-order valence-corrected chi connectivity index (χ2v) is 10.4. The fourth-order valence-electron chi connectivity index (χ4n) is 3.63. The van der Waals surface area contributed by atoms with Gasteiger partial charge in [0.25, 0.3) is 15.9 Å². The van der Waals surface area contributed by atoms with Gasteiger partial charge in [0.2, 0.25) is 0 Å². The maximum absolute atomic E-state index is 13.2. The van der Waals surface area contributed by atoms with Gasteiger partial charge in [0.05, 0.1) is 21.7 Å². The molecule has 0 unspecified atom stereocenters. The van der Waals surface area contributed by atoms with E-state index >= 15 is 0 Å². The molecule has 1 aliphatic heterocycles. The molecule has 1 aliphatic rings. The summed E-state index contributed by atoms with van der Waals surface area (Å²) in [5.74, 6) is 2.66. The first-order valence-electron chi connectivity index (χ1n) is 10.7. The summed E-state index contributed by atoms with van der Waals surface area (Å²) in [7, 11) is -3.98.